The van der Waals surface area contributed by atoms with Gasteiger partial charge < -0.3 is 20.1 Å². The molecule has 0 unspecified atom stereocenters. The van der Waals surface area contributed by atoms with Crippen LogP contribution in [0.2, 0.25) is 0 Å². The van der Waals surface area contributed by atoms with Gasteiger partial charge in [-0.3, -0.25) is 9.78 Å². The molecular weight excluding hydrogens is 402 g/mol. The predicted molar refractivity (Wildman–Crippen MR) is 128 cm³/mol. The first-order chi connectivity index (χ1) is 15.5. The van der Waals surface area contributed by atoms with E-state index in [1.54, 1.807) is 30.5 Å². The van der Waals surface area contributed by atoms with Crippen molar-refractivity contribution in [3.05, 3.63) is 66.6 Å². The number of carbonyl (C=O) groups excluding carboxylic acids is 1. The summed E-state index contributed by atoms with van der Waals surface area (Å²) in [7, 11) is 3.87. The van der Waals surface area contributed by atoms with Gasteiger partial charge in [0.15, 0.2) is 0 Å². The van der Waals surface area contributed by atoms with E-state index in [0.717, 1.165) is 17.7 Å². The minimum atomic E-state index is -0.290. The van der Waals surface area contributed by atoms with Gasteiger partial charge in [-0.25, -0.2) is 0 Å². The van der Waals surface area contributed by atoms with Crippen molar-refractivity contribution >= 4 is 11.5 Å². The third kappa shape index (κ3) is 6.61. The molecule has 2 N–H and O–H groups in total. The number of hydrogen-bond donors (Lipinski definition) is 2. The van der Waals surface area contributed by atoms with E-state index >= 15 is 0 Å². The second-order valence-electron chi connectivity index (χ2n) is 8.46. The van der Waals surface area contributed by atoms with Crippen molar-refractivity contribution in [2.75, 3.05) is 20.6 Å². The zero-order valence-electron chi connectivity index (χ0n) is 19.0. The summed E-state index contributed by atoms with van der Waals surface area (Å²) < 4.78 is 5.96. The Morgan fingerprint density at radius 1 is 1.22 bits per heavy atom. The van der Waals surface area contributed by atoms with E-state index in [0.29, 0.717) is 24.0 Å². The highest BCUT2D eigenvalue weighted by atomic mass is 16.5. The van der Waals surface area contributed by atoms with E-state index < -0.39 is 0 Å². The molecule has 1 aromatic heterocycles. The van der Waals surface area contributed by atoms with Crippen LogP contribution in [-0.2, 0) is 0 Å². The third-order valence-electron chi connectivity index (χ3n) is 5.66. The molecule has 1 fully saturated rings. The molecule has 6 heteroatoms. The number of carbonyl (C=O) groups is 1. The van der Waals surface area contributed by atoms with Crippen LogP contribution in [0.5, 0.6) is 17.2 Å². The highest BCUT2D eigenvalue weighted by molar-refractivity contribution is 5.97. The number of amides is 1. The highest BCUT2D eigenvalue weighted by Crippen LogP contribution is 2.29. The van der Waals surface area contributed by atoms with E-state index in [1.165, 1.54) is 38.2 Å². The molecule has 2 aromatic rings. The van der Waals surface area contributed by atoms with Crippen molar-refractivity contribution in [1.29, 1.82) is 0 Å². The molecule has 1 aliphatic rings. The molecule has 1 saturated carbocycles. The number of rotatable bonds is 9. The van der Waals surface area contributed by atoms with Crippen LogP contribution in [0, 0.1) is 5.92 Å². The molecule has 0 bridgehead atoms. The summed E-state index contributed by atoms with van der Waals surface area (Å²) >= 11 is 0. The Hall–Kier alpha value is -3.28. The summed E-state index contributed by atoms with van der Waals surface area (Å²) in [5.74, 6) is 1.38. The first-order valence-electron chi connectivity index (χ1n) is 11.2. The molecule has 0 radical (unpaired) electrons. The molecule has 1 aromatic carbocycles. The van der Waals surface area contributed by atoms with E-state index in [2.05, 4.69) is 16.9 Å². The largest absolute Gasteiger partial charge is 0.507 e. The van der Waals surface area contributed by atoms with Crippen LogP contribution in [0.4, 0.5) is 0 Å². The lowest BCUT2D eigenvalue weighted by Gasteiger charge is -2.21. The van der Waals surface area contributed by atoms with Crippen LogP contribution < -0.4 is 10.1 Å². The molecule has 6 nitrogen and oxygen atoms in total. The average molecular weight is 436 g/mol. The quantitative estimate of drug-likeness (QED) is 0.518. The Kier molecular flexibility index (Phi) is 8.31. The minimum absolute atomic E-state index is 0.0641. The monoisotopic (exact) mass is 435 g/mol. The van der Waals surface area contributed by atoms with Gasteiger partial charge in [-0.2, -0.15) is 0 Å². The number of phenolic OH excluding ortho intramolecular Hbond substituents is 1. The van der Waals surface area contributed by atoms with Crippen LogP contribution >= 0.6 is 0 Å². The fourth-order valence-corrected chi connectivity index (χ4v) is 3.99. The van der Waals surface area contributed by atoms with Gasteiger partial charge >= 0.3 is 0 Å². The zero-order valence-corrected chi connectivity index (χ0v) is 19.0. The first kappa shape index (κ1) is 23.4. The fraction of sp³-hybridized carbons (Fsp3) is 0.385. The van der Waals surface area contributed by atoms with Crippen LogP contribution in [0.25, 0.3) is 5.57 Å². The van der Waals surface area contributed by atoms with Gasteiger partial charge in [0.1, 0.15) is 17.2 Å². The number of hydrogen-bond acceptors (Lipinski definition) is 5. The Morgan fingerprint density at radius 3 is 2.69 bits per heavy atom. The molecule has 0 saturated heterocycles. The number of aromatic nitrogens is 1. The predicted octanol–water partition coefficient (Wildman–Crippen LogP) is 5.37. The van der Waals surface area contributed by atoms with E-state index in [-0.39, 0.29) is 17.2 Å². The average Bonchev–Trinajstić information content (AvgIpc) is 2.79. The molecule has 32 heavy (non-hydrogen) atoms. The molecule has 170 valence electrons. The van der Waals surface area contributed by atoms with Gasteiger partial charge in [-0.15, -0.1) is 0 Å². The Balaban J connectivity index is 1.67. The number of nitrogens with zero attached hydrogens (tertiary/aromatic N) is 2. The second kappa shape index (κ2) is 11.4. The minimum Gasteiger partial charge on any atom is -0.507 e. The van der Waals surface area contributed by atoms with Crippen molar-refractivity contribution in [3.8, 4) is 17.2 Å². The molecule has 0 spiro atoms. The SMILES string of the molecule is C=C/C(=C\N(C)C)c1cc(Oc2ccc(O)c(C(=O)NCCC3CCCCC3)c2)ccn1. The maximum absolute atomic E-state index is 12.6. The Morgan fingerprint density at radius 2 is 1.97 bits per heavy atom. The van der Waals surface area contributed by atoms with Crippen molar-refractivity contribution in [2.24, 2.45) is 5.92 Å². The summed E-state index contributed by atoms with van der Waals surface area (Å²) in [5.41, 5.74) is 1.80. The summed E-state index contributed by atoms with van der Waals surface area (Å²) in [6.45, 7) is 4.47. The molecule has 0 atom stereocenters. The van der Waals surface area contributed by atoms with Crippen molar-refractivity contribution < 1.29 is 14.6 Å². The molecular formula is C26H33N3O3. The maximum atomic E-state index is 12.6. The van der Waals surface area contributed by atoms with Crippen molar-refractivity contribution in [2.45, 2.75) is 38.5 Å². The second-order valence-corrected chi connectivity index (χ2v) is 8.46. The van der Waals surface area contributed by atoms with Crippen LogP contribution in [0.15, 0.2) is 55.4 Å². The van der Waals surface area contributed by atoms with Crippen LogP contribution in [-0.4, -0.2) is 41.5 Å². The molecule has 3 rings (SSSR count). The number of aromatic hydroxyl groups is 1. The Bertz CT molecular complexity index is 963. The van der Waals surface area contributed by atoms with Crippen molar-refractivity contribution in [1.82, 2.24) is 15.2 Å². The van der Waals surface area contributed by atoms with Crippen molar-refractivity contribution in [3.63, 3.8) is 0 Å². The first-order valence-corrected chi connectivity index (χ1v) is 11.2. The van der Waals surface area contributed by atoms with Gasteiger partial charge in [0, 0.05) is 44.7 Å². The fourth-order valence-electron chi connectivity index (χ4n) is 3.99. The molecule has 1 heterocycles. The summed E-state index contributed by atoms with van der Waals surface area (Å²) in [6.07, 6.45) is 12.7. The van der Waals surface area contributed by atoms with E-state index in [9.17, 15) is 9.90 Å². The van der Waals surface area contributed by atoms with Crippen LogP contribution in [0.1, 0.15) is 54.6 Å². The summed E-state index contributed by atoms with van der Waals surface area (Å²) in [4.78, 5) is 18.9. The lowest BCUT2D eigenvalue weighted by molar-refractivity contribution is 0.0947. The molecule has 0 aliphatic heterocycles. The van der Waals surface area contributed by atoms with Crippen LogP contribution in [0.3, 0.4) is 0 Å². The highest BCUT2D eigenvalue weighted by Gasteiger charge is 2.16. The van der Waals surface area contributed by atoms with Gasteiger partial charge in [0.05, 0.1) is 11.3 Å². The number of pyridine rings is 1. The van der Waals surface area contributed by atoms with E-state index in [4.69, 9.17) is 4.74 Å². The van der Waals surface area contributed by atoms with Gasteiger partial charge in [0.25, 0.3) is 5.91 Å². The topological polar surface area (TPSA) is 74.7 Å². The lowest BCUT2D eigenvalue weighted by Crippen LogP contribution is -2.26. The smallest absolute Gasteiger partial charge is 0.255 e. The van der Waals surface area contributed by atoms with E-state index in [1.807, 2.05) is 31.3 Å². The summed E-state index contributed by atoms with van der Waals surface area (Å²) in [5, 5.41) is 13.1. The molecule has 1 aliphatic carbocycles. The molecule has 1 amide bonds. The lowest BCUT2D eigenvalue weighted by atomic mass is 9.87. The zero-order chi connectivity index (χ0) is 22.9. The third-order valence-corrected chi connectivity index (χ3v) is 5.66. The van der Waals surface area contributed by atoms with Gasteiger partial charge in [0.2, 0.25) is 0 Å². The number of allylic oxidation sites excluding steroid dienone is 2. The number of phenols is 1. The van der Waals surface area contributed by atoms with Gasteiger partial charge in [-0.05, 0) is 36.6 Å². The normalized spacial score (nSPS) is 14.6. The van der Waals surface area contributed by atoms with Gasteiger partial charge in [-0.1, -0.05) is 44.8 Å². The number of nitrogens with one attached hydrogen (secondary N) is 1. The maximum Gasteiger partial charge on any atom is 0.255 e. The number of ether oxygens (including phenoxy) is 1. The Labute approximate surface area is 190 Å². The number of benzene rings is 1. The summed E-state index contributed by atoms with van der Waals surface area (Å²) in [6, 6.07) is 8.24. The standard InChI is InChI=1S/C26H33N3O3/c1-4-20(18-29(2)3)24-17-22(13-15-27-24)32-21-10-11-25(30)23(16-21)26(31)28-14-12-19-8-6-5-7-9-19/h4,10-11,13,15-19,30H,1,5-9,12,14H2,2-3H3,(H,28,31)/b20-18+.